The first-order valence-electron chi connectivity index (χ1n) is 7.56. The van der Waals surface area contributed by atoms with E-state index in [1.807, 2.05) is 31.2 Å². The molecule has 1 aliphatic heterocycles. The summed E-state index contributed by atoms with van der Waals surface area (Å²) >= 11 is 0. The topological polar surface area (TPSA) is 30.5 Å². The van der Waals surface area contributed by atoms with E-state index in [2.05, 4.69) is 5.32 Å². The van der Waals surface area contributed by atoms with Gasteiger partial charge in [0, 0.05) is 12.1 Å². The Hall–Kier alpha value is -2.07. The van der Waals surface area contributed by atoms with E-state index in [1.54, 1.807) is 13.2 Å². The monoisotopic (exact) mass is 301 g/mol. The molecule has 1 heterocycles. The number of rotatable bonds is 4. The van der Waals surface area contributed by atoms with Crippen LogP contribution < -0.4 is 14.8 Å². The highest BCUT2D eigenvalue weighted by Crippen LogP contribution is 2.38. The molecule has 2 aromatic carbocycles. The molecule has 0 aromatic heterocycles. The summed E-state index contributed by atoms with van der Waals surface area (Å²) in [6.07, 6.45) is 0.892. The summed E-state index contributed by atoms with van der Waals surface area (Å²) in [5, 5.41) is 3.40. The highest BCUT2D eigenvalue weighted by molar-refractivity contribution is 5.51. The predicted octanol–water partition coefficient (Wildman–Crippen LogP) is 3.47. The Balaban J connectivity index is 2.09. The van der Waals surface area contributed by atoms with Gasteiger partial charge in [-0.25, -0.2) is 4.39 Å². The summed E-state index contributed by atoms with van der Waals surface area (Å²) in [5.41, 5.74) is 2.89. The van der Waals surface area contributed by atoms with Crippen LogP contribution >= 0.6 is 0 Å². The molecule has 22 heavy (non-hydrogen) atoms. The lowest BCUT2D eigenvalue weighted by atomic mass is 9.89. The van der Waals surface area contributed by atoms with Crippen LogP contribution in [0.3, 0.4) is 0 Å². The molecular weight excluding hydrogens is 281 g/mol. The smallest absolute Gasteiger partial charge is 0.161 e. The minimum atomic E-state index is -0.193. The molecule has 0 amide bonds. The molecule has 0 bridgehead atoms. The van der Waals surface area contributed by atoms with E-state index in [0.717, 1.165) is 24.3 Å². The SMILES string of the molecule is CCOc1cc2c(cc1OC)CCNC2c1ccccc1F. The minimum absolute atomic E-state index is 0.157. The van der Waals surface area contributed by atoms with Crippen molar-refractivity contribution in [1.29, 1.82) is 0 Å². The molecule has 4 heteroatoms. The van der Waals surface area contributed by atoms with Crippen LogP contribution in [0.4, 0.5) is 4.39 Å². The van der Waals surface area contributed by atoms with Gasteiger partial charge in [0.15, 0.2) is 11.5 Å². The second-order valence-corrected chi connectivity index (χ2v) is 5.29. The third kappa shape index (κ3) is 2.66. The first-order chi connectivity index (χ1) is 10.7. The van der Waals surface area contributed by atoms with Crippen LogP contribution in [0.2, 0.25) is 0 Å². The number of hydrogen-bond acceptors (Lipinski definition) is 3. The quantitative estimate of drug-likeness (QED) is 0.938. The van der Waals surface area contributed by atoms with E-state index in [1.165, 1.54) is 11.6 Å². The zero-order valence-corrected chi connectivity index (χ0v) is 12.9. The second kappa shape index (κ2) is 6.36. The van der Waals surface area contributed by atoms with E-state index in [9.17, 15) is 4.39 Å². The zero-order chi connectivity index (χ0) is 15.5. The van der Waals surface area contributed by atoms with Gasteiger partial charge >= 0.3 is 0 Å². The summed E-state index contributed by atoms with van der Waals surface area (Å²) in [7, 11) is 1.64. The number of halogens is 1. The third-order valence-corrected chi connectivity index (χ3v) is 4.00. The fourth-order valence-electron chi connectivity index (χ4n) is 2.98. The number of ether oxygens (including phenoxy) is 2. The van der Waals surface area contributed by atoms with Crippen molar-refractivity contribution in [3.63, 3.8) is 0 Å². The molecule has 3 nitrogen and oxygen atoms in total. The number of nitrogens with one attached hydrogen (secondary N) is 1. The summed E-state index contributed by atoms with van der Waals surface area (Å²) < 4.78 is 25.2. The van der Waals surface area contributed by atoms with E-state index < -0.39 is 0 Å². The molecule has 3 rings (SSSR count). The summed E-state index contributed by atoms with van der Waals surface area (Å²) in [5.74, 6) is 1.24. The second-order valence-electron chi connectivity index (χ2n) is 5.29. The maximum Gasteiger partial charge on any atom is 0.161 e. The molecule has 0 saturated carbocycles. The van der Waals surface area contributed by atoms with E-state index in [4.69, 9.17) is 9.47 Å². The molecule has 1 N–H and O–H groups in total. The molecule has 0 fully saturated rings. The summed E-state index contributed by atoms with van der Waals surface area (Å²) in [4.78, 5) is 0. The van der Waals surface area contributed by atoms with Crippen LogP contribution in [0.1, 0.15) is 29.7 Å². The molecule has 116 valence electrons. The van der Waals surface area contributed by atoms with Gasteiger partial charge in [-0.1, -0.05) is 18.2 Å². The van der Waals surface area contributed by atoms with Gasteiger partial charge in [0.2, 0.25) is 0 Å². The molecule has 0 saturated heterocycles. The molecule has 2 aromatic rings. The highest BCUT2D eigenvalue weighted by Gasteiger charge is 2.25. The fraction of sp³-hybridized carbons (Fsp3) is 0.333. The van der Waals surface area contributed by atoms with Crippen molar-refractivity contribution in [2.24, 2.45) is 0 Å². The Morgan fingerprint density at radius 3 is 2.73 bits per heavy atom. The summed E-state index contributed by atoms with van der Waals surface area (Å²) in [6, 6.07) is 10.7. The van der Waals surface area contributed by atoms with Crippen molar-refractivity contribution in [3.05, 3.63) is 58.9 Å². The maximum atomic E-state index is 14.2. The average molecular weight is 301 g/mol. The van der Waals surface area contributed by atoms with Crippen molar-refractivity contribution >= 4 is 0 Å². The Morgan fingerprint density at radius 2 is 2.00 bits per heavy atom. The Labute approximate surface area is 130 Å². The van der Waals surface area contributed by atoms with E-state index in [0.29, 0.717) is 17.9 Å². The molecule has 1 unspecified atom stereocenters. The Morgan fingerprint density at radius 1 is 1.18 bits per heavy atom. The highest BCUT2D eigenvalue weighted by atomic mass is 19.1. The lowest BCUT2D eigenvalue weighted by Gasteiger charge is -2.29. The molecule has 1 atom stereocenters. The molecule has 0 spiro atoms. The first-order valence-corrected chi connectivity index (χ1v) is 7.56. The molecule has 0 radical (unpaired) electrons. The van der Waals surface area contributed by atoms with E-state index >= 15 is 0 Å². The van der Waals surface area contributed by atoms with Crippen LogP contribution in [-0.2, 0) is 6.42 Å². The van der Waals surface area contributed by atoms with Gasteiger partial charge in [-0.3, -0.25) is 0 Å². The lowest BCUT2D eigenvalue weighted by molar-refractivity contribution is 0.309. The van der Waals surface area contributed by atoms with Gasteiger partial charge in [-0.2, -0.15) is 0 Å². The van der Waals surface area contributed by atoms with Gasteiger partial charge in [-0.15, -0.1) is 0 Å². The Kier molecular flexibility index (Phi) is 4.29. The Bertz CT molecular complexity index is 672. The summed E-state index contributed by atoms with van der Waals surface area (Å²) in [6.45, 7) is 3.31. The van der Waals surface area contributed by atoms with E-state index in [-0.39, 0.29) is 11.9 Å². The number of hydrogen-bond donors (Lipinski definition) is 1. The van der Waals surface area contributed by atoms with Gasteiger partial charge in [-0.05, 0) is 42.7 Å². The number of methoxy groups -OCH3 is 1. The van der Waals surface area contributed by atoms with Gasteiger partial charge in [0.05, 0.1) is 19.8 Å². The maximum absolute atomic E-state index is 14.2. The van der Waals surface area contributed by atoms with Crippen LogP contribution in [-0.4, -0.2) is 20.3 Å². The molecule has 0 aliphatic carbocycles. The van der Waals surface area contributed by atoms with Crippen molar-refractivity contribution in [3.8, 4) is 11.5 Å². The van der Waals surface area contributed by atoms with Crippen LogP contribution in [0, 0.1) is 5.82 Å². The molecule has 1 aliphatic rings. The lowest BCUT2D eigenvalue weighted by Crippen LogP contribution is -2.31. The van der Waals surface area contributed by atoms with Crippen LogP contribution in [0.5, 0.6) is 11.5 Å². The number of benzene rings is 2. The van der Waals surface area contributed by atoms with Crippen LogP contribution in [0.25, 0.3) is 0 Å². The van der Waals surface area contributed by atoms with Crippen molar-refractivity contribution in [2.75, 3.05) is 20.3 Å². The fourth-order valence-corrected chi connectivity index (χ4v) is 2.98. The zero-order valence-electron chi connectivity index (χ0n) is 12.9. The van der Waals surface area contributed by atoms with Gasteiger partial charge in [0.25, 0.3) is 0 Å². The molecular formula is C18H20FNO2. The third-order valence-electron chi connectivity index (χ3n) is 4.00. The van der Waals surface area contributed by atoms with Crippen molar-refractivity contribution in [1.82, 2.24) is 5.32 Å². The van der Waals surface area contributed by atoms with Crippen LogP contribution in [0.15, 0.2) is 36.4 Å². The van der Waals surface area contributed by atoms with Crippen molar-refractivity contribution in [2.45, 2.75) is 19.4 Å². The number of fused-ring (bicyclic) bond motifs is 1. The minimum Gasteiger partial charge on any atom is -0.493 e. The largest absolute Gasteiger partial charge is 0.493 e. The van der Waals surface area contributed by atoms with Gasteiger partial charge in [0.1, 0.15) is 5.82 Å². The standard InChI is InChI=1S/C18H20FNO2/c1-3-22-17-11-14-12(10-16(17)21-2)8-9-20-18(14)13-6-4-5-7-15(13)19/h4-7,10-11,18,20H,3,8-9H2,1-2H3. The van der Waals surface area contributed by atoms with Crippen molar-refractivity contribution < 1.29 is 13.9 Å². The van der Waals surface area contributed by atoms with Gasteiger partial charge < -0.3 is 14.8 Å². The normalized spacial score (nSPS) is 17.0. The predicted molar refractivity (Wildman–Crippen MR) is 84.1 cm³/mol. The first kappa shape index (κ1) is 14.9. The average Bonchev–Trinajstić information content (AvgIpc) is 2.54.